The molecular weight excluding hydrogens is 374 g/mol. The summed E-state index contributed by atoms with van der Waals surface area (Å²) < 4.78 is 6.92. The van der Waals surface area contributed by atoms with Crippen molar-refractivity contribution in [3.8, 4) is 16.9 Å². The fourth-order valence-electron chi connectivity index (χ4n) is 3.05. The molecule has 0 aliphatic heterocycles. The number of methoxy groups -OCH3 is 1. The molecule has 0 spiro atoms. The molecule has 0 unspecified atom stereocenters. The zero-order chi connectivity index (χ0) is 19.7. The minimum atomic E-state index is -1.08. The molecule has 8 heteroatoms. The fraction of sp³-hybridized carbons (Fsp3) is 0.250. The molecule has 0 amide bonds. The zero-order valence-corrected chi connectivity index (χ0v) is 16.7. The molecule has 0 saturated heterocycles. The van der Waals surface area contributed by atoms with Gasteiger partial charge in [-0.3, -0.25) is 4.68 Å². The topological polar surface area (TPSA) is 85.1 Å². The molecule has 0 bridgehead atoms. The summed E-state index contributed by atoms with van der Waals surface area (Å²) >= 11 is 1.57. The number of nitrogens with zero attached hydrogens (tertiary/aromatic N) is 4. The van der Waals surface area contributed by atoms with Gasteiger partial charge in [0, 0.05) is 36.3 Å². The Morgan fingerprint density at radius 2 is 2.04 bits per heavy atom. The van der Waals surface area contributed by atoms with Crippen LogP contribution in [-0.2, 0) is 12.6 Å². The van der Waals surface area contributed by atoms with Gasteiger partial charge in [0.1, 0.15) is 28.3 Å². The molecule has 0 saturated carbocycles. The van der Waals surface area contributed by atoms with Crippen molar-refractivity contribution in [3.63, 3.8) is 0 Å². The first-order chi connectivity index (χ1) is 13.5. The molecule has 1 atom stereocenters. The van der Waals surface area contributed by atoms with E-state index in [0.717, 1.165) is 32.7 Å². The Kier molecular flexibility index (Phi) is 4.74. The molecule has 3 aromatic heterocycles. The summed E-state index contributed by atoms with van der Waals surface area (Å²) in [4.78, 5) is 9.72. The first-order valence-electron chi connectivity index (χ1n) is 8.80. The van der Waals surface area contributed by atoms with Crippen LogP contribution in [0.2, 0.25) is 0 Å². The number of ether oxygens (including phenoxy) is 1. The lowest BCUT2D eigenvalue weighted by Gasteiger charge is -2.23. The molecule has 28 heavy (non-hydrogen) atoms. The maximum Gasteiger partial charge on any atom is 0.138 e. The maximum atomic E-state index is 10.9. The van der Waals surface area contributed by atoms with Gasteiger partial charge >= 0.3 is 0 Å². The molecule has 0 aliphatic carbocycles. The third kappa shape index (κ3) is 3.44. The summed E-state index contributed by atoms with van der Waals surface area (Å²) in [6, 6.07) is 7.90. The number of nitrogens with one attached hydrogen (secondary N) is 1. The highest BCUT2D eigenvalue weighted by molar-refractivity contribution is 7.17. The number of benzene rings is 1. The lowest BCUT2D eigenvalue weighted by atomic mass is 9.99. The Balaban J connectivity index is 1.66. The zero-order valence-electron chi connectivity index (χ0n) is 15.9. The first-order valence-corrected chi connectivity index (χ1v) is 9.68. The molecule has 2 N–H and O–H groups in total. The number of thiophene rings is 1. The number of fused-ring (bicyclic) bond motifs is 1. The van der Waals surface area contributed by atoms with Gasteiger partial charge in [-0.05, 0) is 24.6 Å². The first kappa shape index (κ1) is 18.4. The third-order valence-corrected chi connectivity index (χ3v) is 5.58. The van der Waals surface area contributed by atoms with Crippen molar-refractivity contribution >= 4 is 27.4 Å². The second-order valence-electron chi connectivity index (χ2n) is 6.81. The predicted molar refractivity (Wildman–Crippen MR) is 111 cm³/mol. The number of hydrogen-bond acceptors (Lipinski definition) is 7. The van der Waals surface area contributed by atoms with E-state index < -0.39 is 5.60 Å². The summed E-state index contributed by atoms with van der Waals surface area (Å²) in [5, 5.41) is 21.3. The van der Waals surface area contributed by atoms with Crippen molar-refractivity contribution in [2.24, 2.45) is 7.05 Å². The second kappa shape index (κ2) is 7.21. The van der Waals surface area contributed by atoms with Crippen LogP contribution in [0.5, 0.6) is 5.75 Å². The molecule has 3 heterocycles. The van der Waals surface area contributed by atoms with Gasteiger partial charge in [0.25, 0.3) is 0 Å². The van der Waals surface area contributed by atoms with Crippen molar-refractivity contribution in [1.29, 1.82) is 0 Å². The summed E-state index contributed by atoms with van der Waals surface area (Å²) in [6.07, 6.45) is 5.02. The van der Waals surface area contributed by atoms with Crippen molar-refractivity contribution in [1.82, 2.24) is 19.7 Å². The molecule has 4 aromatic rings. The van der Waals surface area contributed by atoms with Gasteiger partial charge in [-0.25, -0.2) is 9.97 Å². The lowest BCUT2D eigenvalue weighted by Crippen LogP contribution is -2.30. The van der Waals surface area contributed by atoms with Gasteiger partial charge in [-0.15, -0.1) is 11.3 Å². The molecule has 0 aliphatic rings. The maximum absolute atomic E-state index is 10.9. The van der Waals surface area contributed by atoms with Crippen LogP contribution in [0.15, 0.2) is 48.4 Å². The number of aliphatic hydroxyl groups is 1. The van der Waals surface area contributed by atoms with E-state index in [9.17, 15) is 5.11 Å². The molecule has 0 fully saturated rings. The van der Waals surface area contributed by atoms with Crippen molar-refractivity contribution in [3.05, 3.63) is 53.9 Å². The van der Waals surface area contributed by atoms with E-state index in [-0.39, 0.29) is 0 Å². The van der Waals surface area contributed by atoms with E-state index >= 15 is 0 Å². The fourth-order valence-corrected chi connectivity index (χ4v) is 3.97. The highest BCUT2D eigenvalue weighted by atomic mass is 32.1. The van der Waals surface area contributed by atoms with E-state index in [0.29, 0.717) is 12.4 Å². The Labute approximate surface area is 166 Å². The van der Waals surface area contributed by atoms with E-state index in [1.54, 1.807) is 36.2 Å². The molecule has 4 rings (SSSR count). The van der Waals surface area contributed by atoms with Gasteiger partial charge in [0.05, 0.1) is 18.7 Å². The Morgan fingerprint density at radius 1 is 1.25 bits per heavy atom. The van der Waals surface area contributed by atoms with Crippen molar-refractivity contribution < 1.29 is 9.84 Å². The molecule has 0 radical (unpaired) electrons. The van der Waals surface area contributed by atoms with E-state index in [1.807, 2.05) is 37.5 Å². The van der Waals surface area contributed by atoms with Gasteiger partial charge < -0.3 is 15.2 Å². The Morgan fingerprint density at radius 3 is 2.71 bits per heavy atom. The van der Waals surface area contributed by atoms with Gasteiger partial charge in [-0.2, -0.15) is 5.10 Å². The highest BCUT2D eigenvalue weighted by Crippen LogP contribution is 2.37. The van der Waals surface area contributed by atoms with Gasteiger partial charge in [0.15, 0.2) is 0 Å². The van der Waals surface area contributed by atoms with Crippen molar-refractivity contribution in [2.45, 2.75) is 12.5 Å². The standard InChI is InChI=1S/C20H21N5O2S/c1-20(26,14-8-24-25(2)9-14)11-21-18-17-16(10-28-19(17)23-12-22-18)13-4-6-15(27-3)7-5-13/h4-10,12,26H,11H2,1-3H3,(H,21,22,23)/t20-/m0/s1. The Hall–Kier alpha value is -2.97. The van der Waals surface area contributed by atoms with E-state index in [4.69, 9.17) is 4.74 Å². The predicted octanol–water partition coefficient (Wildman–Crippen LogP) is 3.42. The van der Waals surface area contributed by atoms with Crippen molar-refractivity contribution in [2.75, 3.05) is 19.0 Å². The largest absolute Gasteiger partial charge is 0.497 e. The van der Waals surface area contributed by atoms with Crippen LogP contribution in [0.25, 0.3) is 21.3 Å². The minimum Gasteiger partial charge on any atom is -0.497 e. The molecule has 1 aromatic carbocycles. The summed E-state index contributed by atoms with van der Waals surface area (Å²) in [6.45, 7) is 2.05. The monoisotopic (exact) mass is 395 g/mol. The number of aryl methyl sites for hydroxylation is 1. The van der Waals surface area contributed by atoms with Crippen LogP contribution in [0.1, 0.15) is 12.5 Å². The van der Waals surface area contributed by atoms with Crippen LogP contribution in [0, 0.1) is 0 Å². The smallest absolute Gasteiger partial charge is 0.138 e. The normalized spacial score (nSPS) is 13.4. The number of aromatic nitrogens is 4. The van der Waals surface area contributed by atoms with Crippen LogP contribution < -0.4 is 10.1 Å². The molecule has 144 valence electrons. The number of anilines is 1. The number of hydrogen-bond donors (Lipinski definition) is 2. The van der Waals surface area contributed by atoms with E-state index in [2.05, 4.69) is 25.8 Å². The van der Waals surface area contributed by atoms with Crippen LogP contribution >= 0.6 is 11.3 Å². The van der Waals surface area contributed by atoms with Gasteiger partial charge in [0.2, 0.25) is 0 Å². The van der Waals surface area contributed by atoms with Crippen LogP contribution in [-0.4, -0.2) is 38.5 Å². The second-order valence-corrected chi connectivity index (χ2v) is 7.67. The Bertz CT molecular complexity index is 1100. The molecule has 7 nitrogen and oxygen atoms in total. The average molecular weight is 395 g/mol. The quantitative estimate of drug-likeness (QED) is 0.520. The number of rotatable bonds is 6. The summed E-state index contributed by atoms with van der Waals surface area (Å²) in [5.74, 6) is 1.51. The third-order valence-electron chi connectivity index (χ3n) is 4.70. The highest BCUT2D eigenvalue weighted by Gasteiger charge is 2.25. The van der Waals surface area contributed by atoms with E-state index in [1.165, 1.54) is 6.33 Å². The van der Waals surface area contributed by atoms with Crippen LogP contribution in [0.3, 0.4) is 0 Å². The SMILES string of the molecule is COc1ccc(-c2csc3ncnc(NC[C@](C)(O)c4cnn(C)c4)c23)cc1. The minimum absolute atomic E-state index is 0.294. The average Bonchev–Trinajstić information content (AvgIpc) is 3.33. The van der Waals surface area contributed by atoms with Gasteiger partial charge in [-0.1, -0.05) is 12.1 Å². The van der Waals surface area contributed by atoms with Crippen LogP contribution in [0.4, 0.5) is 5.82 Å². The lowest BCUT2D eigenvalue weighted by molar-refractivity contribution is 0.0714. The summed E-state index contributed by atoms with van der Waals surface area (Å²) in [5.41, 5.74) is 1.77. The molecular formula is C20H21N5O2S. The summed E-state index contributed by atoms with van der Waals surface area (Å²) in [7, 11) is 3.48.